The molecular weight excluding hydrogens is 272 g/mol. The lowest BCUT2D eigenvalue weighted by Crippen LogP contribution is -2.22. The Hall–Kier alpha value is -2.50. The average molecular weight is 290 g/mol. The van der Waals surface area contributed by atoms with Gasteiger partial charge in [-0.3, -0.25) is 10.1 Å². The maximum absolute atomic E-state index is 11.2. The molecule has 0 saturated carbocycles. The van der Waals surface area contributed by atoms with Crippen molar-refractivity contribution in [2.45, 2.75) is 12.8 Å². The second kappa shape index (κ2) is 6.30. The number of rotatable bonds is 5. The molecule has 21 heavy (non-hydrogen) atoms. The minimum Gasteiger partial charge on any atom is -0.498 e. The van der Waals surface area contributed by atoms with E-state index in [1.807, 2.05) is 24.2 Å². The standard InChI is InChI=1S/C15H18N2O4/c1-4-16-9-13(20-2)15(14(10-16)21-3)11-7-5-6-8-12(11)17(18)19/h5-10,15H,4H2,1-3H3. The van der Waals surface area contributed by atoms with E-state index in [1.165, 1.54) is 6.07 Å². The van der Waals surface area contributed by atoms with Crippen molar-refractivity contribution in [1.82, 2.24) is 4.90 Å². The Kier molecular flexibility index (Phi) is 4.47. The molecule has 6 nitrogen and oxygen atoms in total. The lowest BCUT2D eigenvalue weighted by atomic mass is 9.92. The van der Waals surface area contributed by atoms with Crippen LogP contribution in [0.15, 0.2) is 48.2 Å². The lowest BCUT2D eigenvalue weighted by molar-refractivity contribution is -0.385. The van der Waals surface area contributed by atoms with Crippen LogP contribution in [0.4, 0.5) is 5.69 Å². The summed E-state index contributed by atoms with van der Waals surface area (Å²) in [4.78, 5) is 12.8. The minimum absolute atomic E-state index is 0.0540. The van der Waals surface area contributed by atoms with Crippen LogP contribution in [0.5, 0.6) is 0 Å². The second-order valence-corrected chi connectivity index (χ2v) is 4.55. The van der Waals surface area contributed by atoms with Crippen LogP contribution in [0.3, 0.4) is 0 Å². The number of benzene rings is 1. The fourth-order valence-electron chi connectivity index (χ4n) is 2.38. The molecule has 0 aliphatic carbocycles. The number of nitro benzene ring substituents is 1. The summed E-state index contributed by atoms with van der Waals surface area (Å²) in [5, 5.41) is 11.2. The van der Waals surface area contributed by atoms with Gasteiger partial charge < -0.3 is 14.4 Å². The van der Waals surface area contributed by atoms with Gasteiger partial charge in [0.1, 0.15) is 17.4 Å². The van der Waals surface area contributed by atoms with Crippen molar-refractivity contribution >= 4 is 5.69 Å². The van der Waals surface area contributed by atoms with E-state index >= 15 is 0 Å². The highest BCUT2D eigenvalue weighted by Gasteiger charge is 2.32. The number of nitro groups is 1. The molecule has 6 heteroatoms. The van der Waals surface area contributed by atoms with E-state index in [4.69, 9.17) is 9.47 Å². The summed E-state index contributed by atoms with van der Waals surface area (Å²) < 4.78 is 10.9. The SMILES string of the molecule is CCN1C=C(OC)C(c2ccccc2[N+](=O)[O-])C(OC)=C1. The van der Waals surface area contributed by atoms with Crippen molar-refractivity contribution in [3.63, 3.8) is 0 Å². The van der Waals surface area contributed by atoms with Gasteiger partial charge in [-0.25, -0.2) is 0 Å². The number of para-hydroxylation sites is 1. The zero-order chi connectivity index (χ0) is 15.4. The van der Waals surface area contributed by atoms with Gasteiger partial charge in [0.05, 0.1) is 19.1 Å². The Morgan fingerprint density at radius 2 is 1.76 bits per heavy atom. The molecule has 0 atom stereocenters. The first-order chi connectivity index (χ1) is 10.1. The highest BCUT2D eigenvalue weighted by molar-refractivity contribution is 5.49. The van der Waals surface area contributed by atoms with Crippen molar-refractivity contribution in [3.05, 3.63) is 63.9 Å². The Morgan fingerprint density at radius 1 is 1.19 bits per heavy atom. The molecule has 0 spiro atoms. The molecule has 112 valence electrons. The van der Waals surface area contributed by atoms with E-state index < -0.39 is 5.92 Å². The Bertz CT molecular complexity index is 573. The molecule has 1 aliphatic rings. The summed E-state index contributed by atoms with van der Waals surface area (Å²) in [5.74, 6) is 0.820. The van der Waals surface area contributed by atoms with Crippen LogP contribution in [0, 0.1) is 10.1 Å². The van der Waals surface area contributed by atoms with Crippen LogP contribution >= 0.6 is 0 Å². The van der Waals surface area contributed by atoms with Gasteiger partial charge in [-0.15, -0.1) is 0 Å². The molecule has 0 radical (unpaired) electrons. The van der Waals surface area contributed by atoms with Crippen molar-refractivity contribution in [3.8, 4) is 0 Å². The van der Waals surface area contributed by atoms with Crippen LogP contribution in [-0.2, 0) is 9.47 Å². The molecule has 1 aromatic rings. The number of ether oxygens (including phenoxy) is 2. The van der Waals surface area contributed by atoms with Gasteiger partial charge in [-0.1, -0.05) is 18.2 Å². The average Bonchev–Trinajstić information content (AvgIpc) is 2.53. The van der Waals surface area contributed by atoms with Gasteiger partial charge >= 0.3 is 0 Å². The summed E-state index contributed by atoms with van der Waals surface area (Å²) in [6.45, 7) is 2.75. The molecule has 0 aromatic heterocycles. The van der Waals surface area contributed by atoms with E-state index in [0.717, 1.165) is 6.54 Å². The number of methoxy groups -OCH3 is 2. The van der Waals surface area contributed by atoms with E-state index in [1.54, 1.807) is 32.4 Å². The molecule has 1 aromatic carbocycles. The summed E-state index contributed by atoms with van der Waals surface area (Å²) in [5.41, 5.74) is 0.609. The third kappa shape index (κ3) is 2.84. The van der Waals surface area contributed by atoms with Crippen molar-refractivity contribution in [2.24, 2.45) is 0 Å². The van der Waals surface area contributed by atoms with Crippen LogP contribution < -0.4 is 0 Å². The summed E-state index contributed by atoms with van der Waals surface area (Å²) >= 11 is 0. The Balaban J connectivity index is 2.55. The second-order valence-electron chi connectivity index (χ2n) is 4.55. The fourth-order valence-corrected chi connectivity index (χ4v) is 2.38. The summed E-state index contributed by atoms with van der Waals surface area (Å²) in [6, 6.07) is 6.64. The van der Waals surface area contributed by atoms with Crippen LogP contribution in [-0.4, -0.2) is 30.6 Å². The van der Waals surface area contributed by atoms with Gasteiger partial charge in [-0.2, -0.15) is 0 Å². The highest BCUT2D eigenvalue weighted by atomic mass is 16.6. The van der Waals surface area contributed by atoms with E-state index in [-0.39, 0.29) is 10.6 Å². The molecule has 0 amide bonds. The lowest BCUT2D eigenvalue weighted by Gasteiger charge is -2.29. The zero-order valence-electron chi connectivity index (χ0n) is 12.3. The van der Waals surface area contributed by atoms with Crippen LogP contribution in [0.25, 0.3) is 0 Å². The normalized spacial score (nSPS) is 15.3. The van der Waals surface area contributed by atoms with Crippen LogP contribution in [0.1, 0.15) is 18.4 Å². The molecule has 1 aliphatic heterocycles. The van der Waals surface area contributed by atoms with Gasteiger partial charge in [0.2, 0.25) is 0 Å². The smallest absolute Gasteiger partial charge is 0.273 e. The third-order valence-corrected chi connectivity index (χ3v) is 3.44. The largest absolute Gasteiger partial charge is 0.498 e. The predicted molar refractivity (Wildman–Crippen MR) is 78.4 cm³/mol. The fraction of sp³-hybridized carbons (Fsp3) is 0.333. The molecular formula is C15H18N2O4. The van der Waals surface area contributed by atoms with Gasteiger partial charge in [0, 0.05) is 30.6 Å². The maximum Gasteiger partial charge on any atom is 0.273 e. The van der Waals surface area contributed by atoms with E-state index in [0.29, 0.717) is 17.1 Å². The van der Waals surface area contributed by atoms with Crippen molar-refractivity contribution in [1.29, 1.82) is 0 Å². The van der Waals surface area contributed by atoms with Crippen molar-refractivity contribution < 1.29 is 14.4 Å². The van der Waals surface area contributed by atoms with E-state index in [2.05, 4.69) is 0 Å². The number of hydrogen-bond acceptors (Lipinski definition) is 5. The summed E-state index contributed by atoms with van der Waals surface area (Å²) in [7, 11) is 3.11. The molecule has 0 N–H and O–H groups in total. The molecule has 0 saturated heterocycles. The van der Waals surface area contributed by atoms with Gasteiger partial charge in [-0.05, 0) is 6.92 Å². The number of nitrogens with zero attached hydrogens (tertiary/aromatic N) is 2. The molecule has 1 heterocycles. The summed E-state index contributed by atoms with van der Waals surface area (Å²) in [6.07, 6.45) is 3.67. The number of hydrogen-bond donors (Lipinski definition) is 0. The first-order valence-corrected chi connectivity index (χ1v) is 6.62. The minimum atomic E-state index is -0.413. The first-order valence-electron chi connectivity index (χ1n) is 6.62. The van der Waals surface area contributed by atoms with Gasteiger partial charge in [0.25, 0.3) is 5.69 Å². The zero-order valence-corrected chi connectivity index (χ0v) is 12.3. The Labute approximate surface area is 123 Å². The van der Waals surface area contributed by atoms with Crippen molar-refractivity contribution in [2.75, 3.05) is 20.8 Å². The topological polar surface area (TPSA) is 64.8 Å². The van der Waals surface area contributed by atoms with Gasteiger partial charge in [0.15, 0.2) is 0 Å². The first kappa shape index (κ1) is 14.9. The monoisotopic (exact) mass is 290 g/mol. The van der Waals surface area contributed by atoms with E-state index in [9.17, 15) is 10.1 Å². The van der Waals surface area contributed by atoms with Crippen LogP contribution in [0.2, 0.25) is 0 Å². The molecule has 0 bridgehead atoms. The molecule has 2 rings (SSSR count). The molecule has 0 fully saturated rings. The maximum atomic E-state index is 11.2. The predicted octanol–water partition coefficient (Wildman–Crippen LogP) is 2.99. The Morgan fingerprint density at radius 3 is 2.24 bits per heavy atom. The molecule has 0 unspecified atom stereocenters. The third-order valence-electron chi connectivity index (χ3n) is 3.44. The quantitative estimate of drug-likeness (QED) is 0.616. The highest BCUT2D eigenvalue weighted by Crippen LogP contribution is 2.40.